The number of halogens is 1. The molecule has 1 aromatic rings. The first-order valence-electron chi connectivity index (χ1n) is 9.63. The Morgan fingerprint density at radius 2 is 2.03 bits per heavy atom. The van der Waals surface area contributed by atoms with Crippen LogP contribution in [0.25, 0.3) is 0 Å². The van der Waals surface area contributed by atoms with Gasteiger partial charge in [0.2, 0.25) is 5.91 Å². The van der Waals surface area contributed by atoms with Crippen molar-refractivity contribution in [2.24, 2.45) is 11.7 Å². The Balaban J connectivity index is 1.90. The van der Waals surface area contributed by atoms with Crippen LogP contribution in [0.2, 0.25) is 5.02 Å². The smallest absolute Gasteiger partial charge is 0.338 e. The van der Waals surface area contributed by atoms with Gasteiger partial charge in [-0.1, -0.05) is 23.7 Å². The summed E-state index contributed by atoms with van der Waals surface area (Å²) < 4.78 is 5.27. The summed E-state index contributed by atoms with van der Waals surface area (Å²) in [4.78, 5) is 38.6. The van der Waals surface area contributed by atoms with E-state index in [1.54, 1.807) is 31.2 Å². The Morgan fingerprint density at radius 1 is 1.31 bits per heavy atom. The molecule has 29 heavy (non-hydrogen) atoms. The Kier molecular flexibility index (Phi) is 6.76. The van der Waals surface area contributed by atoms with Crippen molar-refractivity contribution in [2.45, 2.75) is 25.8 Å². The zero-order valence-corrected chi connectivity index (χ0v) is 17.0. The molecular weight excluding hydrogens is 396 g/mol. The molecular formula is C20H25ClN4O4. The molecule has 2 heterocycles. The highest BCUT2D eigenvalue weighted by atomic mass is 35.5. The van der Waals surface area contributed by atoms with Crippen molar-refractivity contribution in [2.75, 3.05) is 26.2 Å². The lowest BCUT2D eigenvalue weighted by Gasteiger charge is -2.34. The van der Waals surface area contributed by atoms with Gasteiger partial charge in [0, 0.05) is 23.2 Å². The lowest BCUT2D eigenvalue weighted by Crippen LogP contribution is -2.49. The van der Waals surface area contributed by atoms with Gasteiger partial charge >= 0.3 is 12.0 Å². The minimum atomic E-state index is -0.667. The van der Waals surface area contributed by atoms with Crippen LogP contribution in [-0.2, 0) is 14.3 Å². The molecule has 8 nitrogen and oxygen atoms in total. The third-order valence-corrected chi connectivity index (χ3v) is 5.44. The maximum Gasteiger partial charge on any atom is 0.338 e. The topological polar surface area (TPSA) is 114 Å². The number of rotatable bonds is 6. The molecule has 3 amide bonds. The molecule has 9 heteroatoms. The molecule has 0 unspecified atom stereocenters. The molecule has 0 aliphatic carbocycles. The fourth-order valence-electron chi connectivity index (χ4n) is 3.73. The van der Waals surface area contributed by atoms with Crippen molar-refractivity contribution in [3.8, 4) is 0 Å². The van der Waals surface area contributed by atoms with E-state index in [0.717, 1.165) is 0 Å². The second kappa shape index (κ2) is 9.28. The van der Waals surface area contributed by atoms with Gasteiger partial charge in [-0.3, -0.25) is 9.69 Å². The van der Waals surface area contributed by atoms with Crippen molar-refractivity contribution in [1.82, 2.24) is 15.5 Å². The molecule has 1 aromatic carbocycles. The van der Waals surface area contributed by atoms with E-state index in [0.29, 0.717) is 54.3 Å². The molecule has 0 saturated carbocycles. The Hall–Kier alpha value is -2.58. The Morgan fingerprint density at radius 3 is 2.66 bits per heavy atom. The summed E-state index contributed by atoms with van der Waals surface area (Å²) in [7, 11) is 0. The van der Waals surface area contributed by atoms with E-state index >= 15 is 0 Å². The summed E-state index contributed by atoms with van der Waals surface area (Å²) in [5.41, 5.74) is 6.94. The van der Waals surface area contributed by atoms with Gasteiger partial charge in [-0.25, -0.2) is 9.59 Å². The number of carbonyl (C=O) groups is 3. The number of nitrogens with two attached hydrogens (primary N) is 1. The molecule has 1 fully saturated rings. The molecule has 156 valence electrons. The monoisotopic (exact) mass is 420 g/mol. The maximum atomic E-state index is 12.8. The van der Waals surface area contributed by atoms with Crippen LogP contribution in [0.1, 0.15) is 31.4 Å². The Labute approximate surface area is 174 Å². The van der Waals surface area contributed by atoms with E-state index in [2.05, 4.69) is 15.5 Å². The predicted octanol–water partition coefficient (Wildman–Crippen LogP) is 1.71. The standard InChI is InChI=1S/C20H25ClN4O4/c1-2-29-19(27)16-15(11-25-8-6-12(7-9-25)18(22)26)23-20(28)24-17(16)13-4-3-5-14(21)10-13/h3-5,10,12,17H,2,6-9,11H2,1H3,(H2,22,26)(H2,23,24,28)/t17-/m1/s1. The molecule has 4 N–H and O–H groups in total. The van der Waals surface area contributed by atoms with Crippen LogP contribution >= 0.6 is 11.6 Å². The van der Waals surface area contributed by atoms with Crippen LogP contribution < -0.4 is 16.4 Å². The second-order valence-corrected chi connectivity index (χ2v) is 7.59. The van der Waals surface area contributed by atoms with Crippen LogP contribution in [0, 0.1) is 5.92 Å². The quantitative estimate of drug-likeness (QED) is 0.606. The number of nitrogens with zero attached hydrogens (tertiary/aromatic N) is 1. The highest BCUT2D eigenvalue weighted by Gasteiger charge is 2.35. The molecule has 0 radical (unpaired) electrons. The first-order valence-corrected chi connectivity index (χ1v) is 10.0. The molecule has 2 aliphatic rings. The molecule has 2 aliphatic heterocycles. The van der Waals surface area contributed by atoms with Crippen LogP contribution in [0.15, 0.2) is 35.5 Å². The van der Waals surface area contributed by atoms with E-state index in [-0.39, 0.29) is 18.4 Å². The van der Waals surface area contributed by atoms with Crippen LogP contribution in [0.5, 0.6) is 0 Å². The zero-order chi connectivity index (χ0) is 21.0. The van der Waals surface area contributed by atoms with Crippen LogP contribution in [-0.4, -0.2) is 49.0 Å². The highest BCUT2D eigenvalue weighted by molar-refractivity contribution is 6.30. The summed E-state index contributed by atoms with van der Waals surface area (Å²) in [5.74, 6) is -0.911. The predicted molar refractivity (Wildman–Crippen MR) is 108 cm³/mol. The van der Waals surface area contributed by atoms with Gasteiger partial charge in [0.15, 0.2) is 0 Å². The average molecular weight is 421 g/mol. The summed E-state index contributed by atoms with van der Waals surface area (Å²) in [6.07, 6.45) is 1.31. The number of carbonyl (C=O) groups excluding carboxylic acids is 3. The van der Waals surface area contributed by atoms with E-state index in [1.165, 1.54) is 0 Å². The molecule has 3 rings (SSSR count). The molecule has 1 atom stereocenters. The first-order chi connectivity index (χ1) is 13.9. The van der Waals surface area contributed by atoms with Crippen molar-refractivity contribution in [1.29, 1.82) is 0 Å². The maximum absolute atomic E-state index is 12.8. The number of esters is 1. The van der Waals surface area contributed by atoms with Gasteiger partial charge < -0.3 is 21.1 Å². The number of amides is 3. The number of nitrogens with one attached hydrogen (secondary N) is 2. The number of piperidine rings is 1. The fraction of sp³-hybridized carbons (Fsp3) is 0.450. The number of urea groups is 1. The lowest BCUT2D eigenvalue weighted by atomic mass is 9.93. The largest absolute Gasteiger partial charge is 0.463 e. The third-order valence-electron chi connectivity index (χ3n) is 5.20. The number of benzene rings is 1. The normalized spacial score (nSPS) is 20.8. The van der Waals surface area contributed by atoms with E-state index in [1.807, 2.05) is 0 Å². The number of likely N-dealkylation sites (tertiary alicyclic amines) is 1. The van der Waals surface area contributed by atoms with Crippen LogP contribution in [0.4, 0.5) is 4.79 Å². The van der Waals surface area contributed by atoms with Crippen LogP contribution in [0.3, 0.4) is 0 Å². The van der Waals surface area contributed by atoms with E-state index in [4.69, 9.17) is 22.1 Å². The number of ether oxygens (including phenoxy) is 1. The molecule has 0 spiro atoms. The SMILES string of the molecule is CCOC(=O)C1=C(CN2CCC(C(N)=O)CC2)NC(=O)N[C@@H]1c1cccc(Cl)c1. The van der Waals surface area contributed by atoms with Gasteiger partial charge in [-0.15, -0.1) is 0 Å². The molecule has 0 bridgehead atoms. The summed E-state index contributed by atoms with van der Waals surface area (Å²) in [6, 6.07) is 5.95. The summed E-state index contributed by atoms with van der Waals surface area (Å²) >= 11 is 6.11. The number of primary amides is 1. The van der Waals surface area contributed by atoms with E-state index in [9.17, 15) is 14.4 Å². The van der Waals surface area contributed by atoms with E-state index < -0.39 is 18.0 Å². The first kappa shape index (κ1) is 21.1. The lowest BCUT2D eigenvalue weighted by molar-refractivity contribution is -0.139. The van der Waals surface area contributed by atoms with Crippen molar-refractivity contribution < 1.29 is 19.1 Å². The van der Waals surface area contributed by atoms with Crippen molar-refractivity contribution >= 4 is 29.5 Å². The summed E-state index contributed by atoms with van der Waals surface area (Å²) in [5, 5.41) is 6.06. The van der Waals surface area contributed by atoms with Gasteiger partial charge in [0.05, 0.1) is 18.2 Å². The number of hydrogen-bond donors (Lipinski definition) is 3. The van der Waals surface area contributed by atoms with Gasteiger partial charge in [0.1, 0.15) is 0 Å². The molecule has 0 aromatic heterocycles. The zero-order valence-electron chi connectivity index (χ0n) is 16.2. The van der Waals surface area contributed by atoms with Gasteiger partial charge in [0.25, 0.3) is 0 Å². The second-order valence-electron chi connectivity index (χ2n) is 7.15. The summed E-state index contributed by atoms with van der Waals surface area (Å²) in [6.45, 7) is 3.62. The fourth-order valence-corrected chi connectivity index (χ4v) is 3.93. The molecule has 1 saturated heterocycles. The third kappa shape index (κ3) is 5.07. The minimum Gasteiger partial charge on any atom is -0.463 e. The number of hydrogen-bond acceptors (Lipinski definition) is 5. The van der Waals surface area contributed by atoms with Crippen molar-refractivity contribution in [3.63, 3.8) is 0 Å². The van der Waals surface area contributed by atoms with Crippen molar-refractivity contribution in [3.05, 3.63) is 46.1 Å². The van der Waals surface area contributed by atoms with Gasteiger partial charge in [-0.05, 0) is 50.6 Å². The van der Waals surface area contributed by atoms with Gasteiger partial charge in [-0.2, -0.15) is 0 Å². The highest BCUT2D eigenvalue weighted by Crippen LogP contribution is 2.30. The Bertz CT molecular complexity index is 834. The minimum absolute atomic E-state index is 0.133. The average Bonchev–Trinajstić information content (AvgIpc) is 2.68.